The van der Waals surface area contributed by atoms with E-state index in [0.29, 0.717) is 27.4 Å². The summed E-state index contributed by atoms with van der Waals surface area (Å²) in [5, 5.41) is 0. The Morgan fingerprint density at radius 1 is 1.00 bits per heavy atom. The molecule has 5 heteroatoms. The number of ketones is 1. The second kappa shape index (κ2) is 5.52. The maximum atomic E-state index is 12.5. The minimum absolute atomic E-state index is 0.00982. The highest BCUT2D eigenvalue weighted by molar-refractivity contribution is 9.10. The van der Waals surface area contributed by atoms with Gasteiger partial charge in [0.15, 0.2) is 22.0 Å². The topological polar surface area (TPSA) is 58.9 Å². The summed E-state index contributed by atoms with van der Waals surface area (Å²) in [5.41, 5.74) is 2.88. The number of nitrogens with zero attached hydrogens (tertiary/aromatic N) is 1. The van der Waals surface area contributed by atoms with Crippen molar-refractivity contribution in [1.82, 2.24) is 9.97 Å². The molecule has 112 valence electrons. The summed E-state index contributed by atoms with van der Waals surface area (Å²) in [4.78, 5) is 20.2. The zero-order valence-corrected chi connectivity index (χ0v) is 13.5. The van der Waals surface area contributed by atoms with E-state index in [1.807, 2.05) is 54.6 Å². The highest BCUT2D eigenvalue weighted by Gasteiger charge is 2.13. The molecule has 1 N–H and O–H groups in total. The Morgan fingerprint density at radius 3 is 2.57 bits per heavy atom. The van der Waals surface area contributed by atoms with Crippen LogP contribution in [0.5, 0.6) is 0 Å². The molecule has 4 rings (SSSR count). The van der Waals surface area contributed by atoms with Crippen LogP contribution < -0.4 is 0 Å². The summed E-state index contributed by atoms with van der Waals surface area (Å²) in [6.45, 7) is 0. The smallest absolute Gasteiger partial charge is 0.193 e. The summed E-state index contributed by atoms with van der Waals surface area (Å²) in [6, 6.07) is 18.3. The van der Waals surface area contributed by atoms with Crippen molar-refractivity contribution >= 4 is 32.7 Å². The number of carbonyl (C=O) groups is 1. The van der Waals surface area contributed by atoms with Gasteiger partial charge in [-0.3, -0.25) is 4.79 Å². The molecule has 23 heavy (non-hydrogen) atoms. The minimum Gasteiger partial charge on any atom is -0.446 e. The van der Waals surface area contributed by atoms with Crippen LogP contribution in [0.1, 0.15) is 15.9 Å². The number of hydrogen-bond donors (Lipinski definition) is 1. The van der Waals surface area contributed by atoms with Crippen molar-refractivity contribution in [3.8, 4) is 11.6 Å². The Balaban J connectivity index is 1.75. The Hall–Kier alpha value is -2.66. The molecular weight excluding hydrogens is 356 g/mol. The maximum Gasteiger partial charge on any atom is 0.193 e. The van der Waals surface area contributed by atoms with E-state index >= 15 is 0 Å². The quantitative estimate of drug-likeness (QED) is 0.529. The van der Waals surface area contributed by atoms with Crippen LogP contribution in [-0.2, 0) is 0 Å². The fourth-order valence-corrected chi connectivity index (χ4v) is 2.77. The van der Waals surface area contributed by atoms with Gasteiger partial charge < -0.3 is 9.40 Å². The van der Waals surface area contributed by atoms with Crippen LogP contribution in [0.25, 0.3) is 22.6 Å². The van der Waals surface area contributed by atoms with Crippen LogP contribution in [0.2, 0.25) is 0 Å². The highest BCUT2D eigenvalue weighted by atomic mass is 79.9. The maximum absolute atomic E-state index is 12.5. The first-order chi connectivity index (χ1) is 11.2. The predicted octanol–water partition coefficient (Wildman–Crippen LogP) is 4.82. The van der Waals surface area contributed by atoms with Crippen molar-refractivity contribution in [2.75, 3.05) is 0 Å². The monoisotopic (exact) mass is 366 g/mol. The molecule has 0 aliphatic heterocycles. The Kier molecular flexibility index (Phi) is 3.35. The first-order valence-corrected chi connectivity index (χ1v) is 7.85. The molecule has 0 saturated heterocycles. The van der Waals surface area contributed by atoms with E-state index in [2.05, 4.69) is 25.9 Å². The van der Waals surface area contributed by atoms with Crippen LogP contribution in [0, 0.1) is 0 Å². The normalized spacial score (nSPS) is 11.0. The average molecular weight is 367 g/mol. The van der Waals surface area contributed by atoms with E-state index in [-0.39, 0.29) is 5.78 Å². The fraction of sp³-hybridized carbons (Fsp3) is 0. The molecule has 2 aromatic carbocycles. The van der Waals surface area contributed by atoms with Gasteiger partial charge in [-0.15, -0.1) is 0 Å². The summed E-state index contributed by atoms with van der Waals surface area (Å²) >= 11 is 3.28. The summed E-state index contributed by atoms with van der Waals surface area (Å²) in [6.07, 6.45) is 0. The van der Waals surface area contributed by atoms with Gasteiger partial charge in [0.2, 0.25) is 0 Å². The van der Waals surface area contributed by atoms with E-state index in [4.69, 9.17) is 4.42 Å². The summed E-state index contributed by atoms with van der Waals surface area (Å²) in [5.74, 6) is 1.27. The van der Waals surface area contributed by atoms with Crippen LogP contribution >= 0.6 is 15.9 Å². The molecule has 0 aliphatic carbocycles. The zero-order chi connectivity index (χ0) is 15.8. The van der Waals surface area contributed by atoms with Crippen molar-refractivity contribution in [3.63, 3.8) is 0 Å². The zero-order valence-electron chi connectivity index (χ0n) is 11.9. The molecule has 0 amide bonds. The van der Waals surface area contributed by atoms with Gasteiger partial charge in [0, 0.05) is 11.1 Å². The first kappa shape index (κ1) is 14.0. The summed E-state index contributed by atoms with van der Waals surface area (Å²) in [7, 11) is 0. The number of nitrogens with one attached hydrogen (secondary N) is 1. The van der Waals surface area contributed by atoms with Crippen LogP contribution in [-0.4, -0.2) is 15.8 Å². The number of aromatic nitrogens is 2. The van der Waals surface area contributed by atoms with Gasteiger partial charge in [0.25, 0.3) is 0 Å². The number of benzene rings is 2. The number of fused-ring (bicyclic) bond motifs is 1. The molecule has 4 nitrogen and oxygen atoms in total. The number of carbonyl (C=O) groups excluding carboxylic acids is 1. The van der Waals surface area contributed by atoms with Gasteiger partial charge in [-0.25, -0.2) is 4.98 Å². The lowest BCUT2D eigenvalue weighted by atomic mass is 10.0. The van der Waals surface area contributed by atoms with E-state index in [0.717, 1.165) is 11.0 Å². The molecule has 4 aromatic rings. The van der Waals surface area contributed by atoms with Crippen molar-refractivity contribution in [2.45, 2.75) is 0 Å². The lowest BCUT2D eigenvalue weighted by Gasteiger charge is -2.00. The number of H-pyrrole nitrogens is 1. The van der Waals surface area contributed by atoms with Gasteiger partial charge in [-0.1, -0.05) is 30.3 Å². The number of rotatable bonds is 3. The predicted molar refractivity (Wildman–Crippen MR) is 91.4 cm³/mol. The lowest BCUT2D eigenvalue weighted by molar-refractivity contribution is 0.103. The second-order valence-corrected chi connectivity index (χ2v) is 5.90. The van der Waals surface area contributed by atoms with Crippen LogP contribution in [0.4, 0.5) is 0 Å². The minimum atomic E-state index is -0.00982. The Morgan fingerprint density at radius 2 is 1.83 bits per heavy atom. The molecule has 0 saturated carbocycles. The number of halogens is 1. The Labute approximate surface area is 140 Å². The van der Waals surface area contributed by atoms with Gasteiger partial charge >= 0.3 is 0 Å². The molecule has 0 spiro atoms. The van der Waals surface area contributed by atoms with Gasteiger partial charge in [-0.05, 0) is 46.3 Å². The fourth-order valence-electron chi connectivity index (χ4n) is 2.47. The van der Waals surface area contributed by atoms with Gasteiger partial charge in [0.05, 0.1) is 11.0 Å². The number of furan rings is 1. The SMILES string of the molecule is O=C(c1ccccc1)c1ccc2nc(-c3ccc(Br)o3)[nH]c2c1. The largest absolute Gasteiger partial charge is 0.446 e. The van der Waals surface area contributed by atoms with Crippen molar-refractivity contribution < 1.29 is 9.21 Å². The van der Waals surface area contributed by atoms with E-state index in [9.17, 15) is 4.79 Å². The number of aromatic amines is 1. The molecule has 0 atom stereocenters. The third-order valence-electron chi connectivity index (χ3n) is 3.59. The summed E-state index contributed by atoms with van der Waals surface area (Å²) < 4.78 is 6.15. The Bertz CT molecular complexity index is 1000. The standard InChI is InChI=1S/C18H11BrN2O2/c19-16-9-8-15(23-16)18-20-13-7-6-12(10-14(13)21-18)17(22)11-4-2-1-3-5-11/h1-10H,(H,20,21). The molecule has 0 aliphatic rings. The third-order valence-corrected chi connectivity index (χ3v) is 4.01. The van der Waals surface area contributed by atoms with E-state index in [1.165, 1.54) is 0 Å². The molecule has 0 unspecified atom stereocenters. The molecule has 2 heterocycles. The third kappa shape index (κ3) is 2.59. The van der Waals surface area contributed by atoms with E-state index in [1.54, 1.807) is 6.07 Å². The number of imidazole rings is 1. The van der Waals surface area contributed by atoms with E-state index < -0.39 is 0 Å². The molecule has 0 radical (unpaired) electrons. The number of hydrogen-bond acceptors (Lipinski definition) is 3. The van der Waals surface area contributed by atoms with Gasteiger partial charge in [-0.2, -0.15) is 0 Å². The van der Waals surface area contributed by atoms with Crippen molar-refractivity contribution in [1.29, 1.82) is 0 Å². The van der Waals surface area contributed by atoms with Crippen LogP contribution in [0.15, 0.2) is 69.8 Å². The molecule has 0 bridgehead atoms. The molecular formula is C18H11BrN2O2. The van der Waals surface area contributed by atoms with Crippen molar-refractivity contribution in [3.05, 3.63) is 76.5 Å². The lowest BCUT2D eigenvalue weighted by Crippen LogP contribution is -2.00. The highest BCUT2D eigenvalue weighted by Crippen LogP contribution is 2.25. The molecule has 2 aromatic heterocycles. The van der Waals surface area contributed by atoms with Gasteiger partial charge in [0.1, 0.15) is 0 Å². The molecule has 0 fully saturated rings. The van der Waals surface area contributed by atoms with Crippen molar-refractivity contribution in [2.24, 2.45) is 0 Å². The second-order valence-electron chi connectivity index (χ2n) is 5.12. The van der Waals surface area contributed by atoms with Crippen LogP contribution in [0.3, 0.4) is 0 Å². The average Bonchev–Trinajstić information content (AvgIpc) is 3.20. The first-order valence-electron chi connectivity index (χ1n) is 7.06.